The topological polar surface area (TPSA) is 78.8 Å². The van der Waals surface area contributed by atoms with Crippen molar-refractivity contribution in [2.75, 3.05) is 5.32 Å². The number of hydrogen-bond donors (Lipinski definition) is 3. The fourth-order valence-electron chi connectivity index (χ4n) is 4.61. The quantitative estimate of drug-likeness (QED) is 0.403. The van der Waals surface area contributed by atoms with Crippen LogP contribution in [0.2, 0.25) is 0 Å². The average molecular weight is 437 g/mol. The third kappa shape index (κ3) is 2.79. The highest BCUT2D eigenvalue weighted by Crippen LogP contribution is 2.47. The molecule has 0 saturated carbocycles. The minimum atomic E-state index is -1.30. The normalized spacial score (nSPS) is 14.9. The van der Waals surface area contributed by atoms with E-state index in [-0.39, 0.29) is 11.3 Å². The van der Waals surface area contributed by atoms with Crippen molar-refractivity contribution in [3.05, 3.63) is 58.8 Å². The van der Waals surface area contributed by atoms with Gasteiger partial charge in [-0.15, -0.1) is 10.2 Å². The fourth-order valence-corrected chi connectivity index (χ4v) is 4.61. The average Bonchev–Trinajstić information content (AvgIpc) is 3.24. The molecule has 3 heterocycles. The molecule has 166 valence electrons. The summed E-state index contributed by atoms with van der Waals surface area (Å²) in [6.07, 6.45) is 1.77. The first kappa shape index (κ1) is 20.6. The molecular formula is C24H25F2N5O. The first-order valence-corrected chi connectivity index (χ1v) is 10.5. The van der Waals surface area contributed by atoms with Gasteiger partial charge in [0.15, 0.2) is 11.6 Å². The number of fused-ring (bicyclic) bond motifs is 4. The molecular weight excluding hydrogens is 412 g/mol. The predicted octanol–water partition coefficient (Wildman–Crippen LogP) is 5.20. The number of aryl methyl sites for hydroxylation is 2. The second-order valence-electron chi connectivity index (χ2n) is 9.57. The van der Waals surface area contributed by atoms with Crippen molar-refractivity contribution in [2.45, 2.75) is 52.7 Å². The maximum atomic E-state index is 16.3. The van der Waals surface area contributed by atoms with Gasteiger partial charge < -0.3 is 15.4 Å². The Morgan fingerprint density at radius 2 is 1.78 bits per heavy atom. The number of aromatic amines is 1. The number of H-pyrrole nitrogens is 1. The van der Waals surface area contributed by atoms with E-state index >= 15 is 4.39 Å². The van der Waals surface area contributed by atoms with Gasteiger partial charge in [-0.25, -0.2) is 8.78 Å². The molecule has 4 aromatic rings. The zero-order valence-corrected chi connectivity index (χ0v) is 18.9. The van der Waals surface area contributed by atoms with Gasteiger partial charge in [0.2, 0.25) is 0 Å². The number of aromatic nitrogens is 4. The van der Waals surface area contributed by atoms with Crippen LogP contribution in [0.5, 0.6) is 0 Å². The number of rotatable bonds is 2. The molecule has 2 aromatic heterocycles. The Hall–Kier alpha value is -3.26. The van der Waals surface area contributed by atoms with Crippen molar-refractivity contribution in [3.63, 3.8) is 0 Å². The molecule has 0 bridgehead atoms. The summed E-state index contributed by atoms with van der Waals surface area (Å²) in [5.41, 5.74) is 1.31. The molecule has 0 saturated heterocycles. The van der Waals surface area contributed by atoms with Gasteiger partial charge in [0, 0.05) is 28.3 Å². The van der Waals surface area contributed by atoms with E-state index in [1.54, 1.807) is 37.6 Å². The highest BCUT2D eigenvalue weighted by molar-refractivity contribution is 5.97. The summed E-state index contributed by atoms with van der Waals surface area (Å²) in [5, 5.41) is 23.5. The van der Waals surface area contributed by atoms with E-state index in [1.165, 1.54) is 12.1 Å². The Kier molecular flexibility index (Phi) is 4.12. The fraction of sp³-hybridized carbons (Fsp3) is 0.333. The van der Waals surface area contributed by atoms with E-state index in [0.717, 1.165) is 5.56 Å². The third-order valence-electron chi connectivity index (χ3n) is 6.19. The summed E-state index contributed by atoms with van der Waals surface area (Å²) in [7, 11) is 0. The maximum absolute atomic E-state index is 16.3. The van der Waals surface area contributed by atoms with Crippen LogP contribution in [-0.2, 0) is 11.1 Å². The number of nitrogens with zero attached hydrogens (tertiary/aromatic N) is 3. The third-order valence-corrected chi connectivity index (χ3v) is 6.19. The van der Waals surface area contributed by atoms with Crippen molar-refractivity contribution < 1.29 is 13.9 Å². The van der Waals surface area contributed by atoms with Crippen molar-refractivity contribution in [3.8, 4) is 16.8 Å². The van der Waals surface area contributed by atoms with Gasteiger partial charge >= 0.3 is 0 Å². The highest BCUT2D eigenvalue weighted by atomic mass is 19.1. The number of halogens is 2. The molecule has 3 N–H and O–H groups in total. The van der Waals surface area contributed by atoms with E-state index in [9.17, 15) is 9.50 Å². The van der Waals surface area contributed by atoms with Crippen LogP contribution >= 0.6 is 0 Å². The number of aliphatic hydroxyl groups is 1. The molecule has 0 fully saturated rings. The van der Waals surface area contributed by atoms with Crippen LogP contribution in [-0.4, -0.2) is 24.9 Å². The predicted molar refractivity (Wildman–Crippen MR) is 120 cm³/mol. The number of benzene rings is 2. The Morgan fingerprint density at radius 1 is 1.06 bits per heavy atom. The lowest BCUT2D eigenvalue weighted by Gasteiger charge is -2.37. The highest BCUT2D eigenvalue weighted by Gasteiger charge is 2.40. The Labute approximate surface area is 184 Å². The first-order chi connectivity index (χ1) is 14.9. The van der Waals surface area contributed by atoms with Crippen molar-refractivity contribution in [2.24, 2.45) is 0 Å². The minimum Gasteiger partial charge on any atom is -0.386 e. The molecule has 8 heteroatoms. The second-order valence-corrected chi connectivity index (χ2v) is 9.57. The van der Waals surface area contributed by atoms with E-state index in [1.807, 2.05) is 20.8 Å². The van der Waals surface area contributed by atoms with Gasteiger partial charge in [-0.05, 0) is 65.3 Å². The van der Waals surface area contributed by atoms with Crippen LogP contribution in [0.15, 0.2) is 24.4 Å². The maximum Gasteiger partial charge on any atom is 0.162 e. The smallest absolute Gasteiger partial charge is 0.162 e. The summed E-state index contributed by atoms with van der Waals surface area (Å²) in [5.74, 6) is 0.0749. The first-order valence-electron chi connectivity index (χ1n) is 10.5. The molecule has 32 heavy (non-hydrogen) atoms. The van der Waals surface area contributed by atoms with Crippen LogP contribution in [0.3, 0.4) is 0 Å². The van der Waals surface area contributed by atoms with Crippen molar-refractivity contribution in [1.29, 1.82) is 0 Å². The summed E-state index contributed by atoms with van der Waals surface area (Å²) in [6.45, 7) is 10.8. The Morgan fingerprint density at radius 3 is 2.47 bits per heavy atom. The Bertz CT molecular complexity index is 1410. The van der Waals surface area contributed by atoms with Gasteiger partial charge in [-0.1, -0.05) is 0 Å². The van der Waals surface area contributed by atoms with Crippen LogP contribution in [0, 0.1) is 25.5 Å². The molecule has 0 atom stereocenters. The molecule has 6 nitrogen and oxygen atoms in total. The van der Waals surface area contributed by atoms with E-state index in [4.69, 9.17) is 0 Å². The number of nitrogens with one attached hydrogen (secondary N) is 2. The van der Waals surface area contributed by atoms with Crippen molar-refractivity contribution in [1.82, 2.24) is 19.7 Å². The van der Waals surface area contributed by atoms with Crippen LogP contribution in [0.25, 0.3) is 27.7 Å². The molecule has 1 aliphatic heterocycles. The van der Waals surface area contributed by atoms with Crippen LogP contribution in [0.1, 0.15) is 50.5 Å². The van der Waals surface area contributed by atoms with Gasteiger partial charge in [0.25, 0.3) is 0 Å². The van der Waals surface area contributed by atoms with E-state index in [2.05, 4.69) is 20.5 Å². The van der Waals surface area contributed by atoms with Crippen LogP contribution < -0.4 is 5.32 Å². The number of anilines is 1. The molecule has 2 aromatic carbocycles. The van der Waals surface area contributed by atoms with Gasteiger partial charge in [0.05, 0.1) is 22.3 Å². The molecule has 0 unspecified atom stereocenters. The van der Waals surface area contributed by atoms with Crippen molar-refractivity contribution >= 4 is 16.6 Å². The molecule has 1 aliphatic rings. The van der Waals surface area contributed by atoms with Gasteiger partial charge in [-0.3, -0.25) is 4.57 Å². The summed E-state index contributed by atoms with van der Waals surface area (Å²) < 4.78 is 32.6. The molecule has 0 aliphatic carbocycles. The summed E-state index contributed by atoms with van der Waals surface area (Å²) >= 11 is 0. The second kappa shape index (κ2) is 6.38. The molecule has 0 spiro atoms. The summed E-state index contributed by atoms with van der Waals surface area (Å²) in [4.78, 5) is 3.14. The largest absolute Gasteiger partial charge is 0.386 e. The lowest BCUT2D eigenvalue weighted by molar-refractivity contribution is 0.0791. The van der Waals surface area contributed by atoms with E-state index in [0.29, 0.717) is 39.4 Å². The van der Waals surface area contributed by atoms with Gasteiger partial charge in [0.1, 0.15) is 17.3 Å². The zero-order chi connectivity index (χ0) is 23.2. The standard InChI is InChI=1S/C24H25F2N5O/c1-11-10-27-19-14(11)7-13(25)8-16(19)15-9-17(24(5,6)32)20-21(18(15)26)31-12(2)29-30-22(31)23(3,4)28-20/h7-10,27-28,32H,1-6H3. The number of hydrogen-bond acceptors (Lipinski definition) is 4. The summed E-state index contributed by atoms with van der Waals surface area (Å²) in [6, 6.07) is 4.35. The lowest BCUT2D eigenvalue weighted by atomic mass is 9.87. The SMILES string of the molecule is Cc1c[nH]c2c(-c3cc(C(C)(C)O)c4c(c3F)-n3c(C)nnc3C(C)(C)N4)cc(F)cc12. The molecule has 0 amide bonds. The zero-order valence-electron chi connectivity index (χ0n) is 18.9. The molecule has 5 rings (SSSR count). The molecule has 0 radical (unpaired) electrons. The lowest BCUT2D eigenvalue weighted by Crippen LogP contribution is -2.38. The minimum absolute atomic E-state index is 0.188. The monoisotopic (exact) mass is 437 g/mol. The van der Waals surface area contributed by atoms with E-state index < -0.39 is 22.8 Å². The van der Waals surface area contributed by atoms with Gasteiger partial charge in [-0.2, -0.15) is 0 Å². The Balaban J connectivity index is 1.94. The van der Waals surface area contributed by atoms with Crippen LogP contribution in [0.4, 0.5) is 14.5 Å².